The fraction of sp³-hybridized carbons (Fsp3) is 0.333. The highest BCUT2D eigenvalue weighted by molar-refractivity contribution is 5.98. The Morgan fingerprint density at radius 2 is 2.02 bits per heavy atom. The topological polar surface area (TPSA) is 152 Å². The lowest BCUT2D eigenvalue weighted by Crippen LogP contribution is -2.43. The molecule has 42 heavy (non-hydrogen) atoms. The third kappa shape index (κ3) is 6.00. The number of hydrogen-bond acceptors (Lipinski definition) is 8. The SMILES string of the molecule is CC(C)(C)OC(=O)N1CCC[C@@H](n2nc(-c3ccc(CNC(=O)c4cccc(C#N)c4)c(F)c3)c3c(N)ncnc32)C1. The van der Waals surface area contributed by atoms with E-state index in [9.17, 15) is 9.59 Å². The summed E-state index contributed by atoms with van der Waals surface area (Å²) in [5.74, 6) is -0.749. The first-order valence-corrected chi connectivity index (χ1v) is 13.6. The molecule has 12 heteroatoms. The van der Waals surface area contributed by atoms with Crippen molar-refractivity contribution in [2.45, 2.75) is 51.8 Å². The van der Waals surface area contributed by atoms with E-state index in [1.54, 1.807) is 39.9 Å². The van der Waals surface area contributed by atoms with Crippen LogP contribution in [0, 0.1) is 17.1 Å². The zero-order chi connectivity index (χ0) is 30.0. The number of hydrogen-bond donors (Lipinski definition) is 2. The molecule has 1 atom stereocenters. The van der Waals surface area contributed by atoms with Crippen molar-refractivity contribution in [1.29, 1.82) is 5.26 Å². The molecule has 3 heterocycles. The molecule has 0 spiro atoms. The van der Waals surface area contributed by atoms with E-state index in [1.165, 1.54) is 18.5 Å². The molecule has 4 aromatic rings. The second-order valence-electron chi connectivity index (χ2n) is 11.2. The number of amides is 2. The normalized spacial score (nSPS) is 15.3. The van der Waals surface area contributed by atoms with Crippen LogP contribution in [0.3, 0.4) is 0 Å². The molecular formula is C30H31FN8O3. The van der Waals surface area contributed by atoms with Gasteiger partial charge in [0.1, 0.15) is 29.3 Å². The maximum atomic E-state index is 15.3. The molecule has 0 bridgehead atoms. The molecule has 3 N–H and O–H groups in total. The van der Waals surface area contributed by atoms with Gasteiger partial charge in [-0.1, -0.05) is 18.2 Å². The Morgan fingerprint density at radius 1 is 1.21 bits per heavy atom. The summed E-state index contributed by atoms with van der Waals surface area (Å²) in [4.78, 5) is 35.5. The molecule has 1 aliphatic heterocycles. The highest BCUT2D eigenvalue weighted by atomic mass is 19.1. The van der Waals surface area contributed by atoms with Crippen LogP contribution in [0.25, 0.3) is 22.3 Å². The van der Waals surface area contributed by atoms with Crippen LogP contribution in [0.2, 0.25) is 0 Å². The third-order valence-electron chi connectivity index (χ3n) is 6.93. The minimum atomic E-state index is -0.612. The molecule has 216 valence electrons. The van der Waals surface area contributed by atoms with Crippen molar-refractivity contribution >= 4 is 28.9 Å². The third-order valence-corrected chi connectivity index (χ3v) is 6.93. The number of rotatable bonds is 5. The summed E-state index contributed by atoms with van der Waals surface area (Å²) in [6.45, 7) is 6.37. The summed E-state index contributed by atoms with van der Waals surface area (Å²) in [5.41, 5.74) is 7.97. The number of piperidine rings is 1. The summed E-state index contributed by atoms with van der Waals surface area (Å²) in [6.07, 6.45) is 2.47. The van der Waals surface area contributed by atoms with Crippen molar-refractivity contribution in [3.8, 4) is 17.3 Å². The molecule has 5 rings (SSSR count). The second kappa shape index (κ2) is 11.4. The predicted octanol–water partition coefficient (Wildman–Crippen LogP) is 4.59. The molecule has 0 aliphatic carbocycles. The maximum absolute atomic E-state index is 15.3. The van der Waals surface area contributed by atoms with Gasteiger partial charge in [-0.15, -0.1) is 0 Å². The Labute approximate surface area is 242 Å². The number of nitrogen functional groups attached to an aromatic ring is 1. The van der Waals surface area contributed by atoms with Gasteiger partial charge in [-0.05, 0) is 57.9 Å². The minimum Gasteiger partial charge on any atom is -0.444 e. The van der Waals surface area contributed by atoms with Gasteiger partial charge < -0.3 is 20.7 Å². The van der Waals surface area contributed by atoms with Crippen molar-refractivity contribution in [3.63, 3.8) is 0 Å². The zero-order valence-corrected chi connectivity index (χ0v) is 23.6. The van der Waals surface area contributed by atoms with E-state index in [-0.39, 0.29) is 30.1 Å². The van der Waals surface area contributed by atoms with Crippen molar-refractivity contribution in [1.82, 2.24) is 30.0 Å². The number of halogens is 1. The van der Waals surface area contributed by atoms with Crippen molar-refractivity contribution < 1.29 is 18.7 Å². The number of carbonyl (C=O) groups excluding carboxylic acids is 2. The summed E-state index contributed by atoms with van der Waals surface area (Å²) in [5, 5.41) is 17.0. The van der Waals surface area contributed by atoms with E-state index >= 15 is 4.39 Å². The van der Waals surface area contributed by atoms with Crippen molar-refractivity contribution in [2.24, 2.45) is 0 Å². The van der Waals surface area contributed by atoms with Gasteiger partial charge in [-0.25, -0.2) is 23.8 Å². The smallest absolute Gasteiger partial charge is 0.410 e. The molecule has 0 saturated carbocycles. The summed E-state index contributed by atoms with van der Waals surface area (Å²) >= 11 is 0. The average molecular weight is 571 g/mol. The lowest BCUT2D eigenvalue weighted by Gasteiger charge is -2.34. The Bertz CT molecular complexity index is 1710. The fourth-order valence-corrected chi connectivity index (χ4v) is 4.94. The van der Waals surface area contributed by atoms with Gasteiger partial charge in [0.25, 0.3) is 5.91 Å². The van der Waals surface area contributed by atoms with Gasteiger partial charge in [0.2, 0.25) is 0 Å². The van der Waals surface area contributed by atoms with Crippen molar-refractivity contribution in [3.05, 3.63) is 71.3 Å². The molecule has 0 radical (unpaired) electrons. The number of aromatic nitrogens is 4. The van der Waals surface area contributed by atoms with E-state index in [0.717, 1.165) is 12.8 Å². The largest absolute Gasteiger partial charge is 0.444 e. The van der Waals surface area contributed by atoms with Gasteiger partial charge in [0.15, 0.2) is 5.65 Å². The molecule has 2 amide bonds. The number of nitrogens with zero attached hydrogens (tertiary/aromatic N) is 6. The number of carbonyl (C=O) groups is 2. The number of nitriles is 1. The van der Waals surface area contributed by atoms with E-state index in [4.69, 9.17) is 20.8 Å². The Morgan fingerprint density at radius 3 is 2.76 bits per heavy atom. The molecule has 2 aromatic carbocycles. The molecular weight excluding hydrogens is 539 g/mol. The standard InChI is InChI=1S/C30H31FN8O3/c1-30(2,3)42-29(41)38-11-5-8-22(16-38)39-27-24(26(33)35-17-36-27)25(37-39)19-9-10-21(23(31)13-19)15-34-28(40)20-7-4-6-18(12-20)14-32/h4,6-7,9-10,12-13,17,22H,5,8,11,15-16H2,1-3H3,(H,34,40)(H2,33,35,36)/t22-/m1/s1. The molecule has 0 unspecified atom stereocenters. The first-order valence-electron chi connectivity index (χ1n) is 13.6. The lowest BCUT2D eigenvalue weighted by atomic mass is 10.1. The molecule has 11 nitrogen and oxygen atoms in total. The number of nitrogens with one attached hydrogen (secondary N) is 1. The number of fused-ring (bicyclic) bond motifs is 1. The van der Waals surface area contributed by atoms with Gasteiger partial charge >= 0.3 is 6.09 Å². The van der Waals surface area contributed by atoms with Crippen LogP contribution in [-0.2, 0) is 11.3 Å². The Hall–Kier alpha value is -5.05. The van der Waals surface area contributed by atoms with Gasteiger partial charge in [-0.2, -0.15) is 10.4 Å². The van der Waals surface area contributed by atoms with E-state index in [0.29, 0.717) is 46.5 Å². The number of likely N-dealkylation sites (tertiary alicyclic amines) is 1. The predicted molar refractivity (Wildman–Crippen MR) is 154 cm³/mol. The summed E-state index contributed by atoms with van der Waals surface area (Å²) in [7, 11) is 0. The second-order valence-corrected chi connectivity index (χ2v) is 11.2. The quantitative estimate of drug-likeness (QED) is 0.353. The first kappa shape index (κ1) is 28.5. The summed E-state index contributed by atoms with van der Waals surface area (Å²) < 4.78 is 22.6. The molecule has 1 aliphatic rings. The molecule has 1 fully saturated rings. The number of anilines is 1. The van der Waals surface area contributed by atoms with E-state index < -0.39 is 17.3 Å². The average Bonchev–Trinajstić information content (AvgIpc) is 3.36. The number of ether oxygens (including phenoxy) is 1. The van der Waals surface area contributed by atoms with Gasteiger partial charge in [0, 0.05) is 36.3 Å². The van der Waals surface area contributed by atoms with Crippen LogP contribution in [-0.4, -0.2) is 55.3 Å². The van der Waals surface area contributed by atoms with Crippen LogP contribution < -0.4 is 11.1 Å². The highest BCUT2D eigenvalue weighted by Gasteiger charge is 2.31. The highest BCUT2D eigenvalue weighted by Crippen LogP contribution is 2.34. The van der Waals surface area contributed by atoms with Crippen LogP contribution in [0.4, 0.5) is 15.0 Å². The van der Waals surface area contributed by atoms with E-state index in [2.05, 4.69) is 15.3 Å². The molecule has 2 aromatic heterocycles. The minimum absolute atomic E-state index is 0.0509. The lowest BCUT2D eigenvalue weighted by molar-refractivity contribution is 0.0169. The maximum Gasteiger partial charge on any atom is 0.410 e. The van der Waals surface area contributed by atoms with E-state index in [1.807, 2.05) is 26.8 Å². The summed E-state index contributed by atoms with van der Waals surface area (Å²) in [6, 6.07) is 12.7. The fourth-order valence-electron chi connectivity index (χ4n) is 4.94. The number of benzene rings is 2. The Kier molecular flexibility index (Phi) is 7.76. The molecule has 1 saturated heterocycles. The monoisotopic (exact) mass is 570 g/mol. The Balaban J connectivity index is 1.40. The van der Waals surface area contributed by atoms with Gasteiger partial charge in [-0.3, -0.25) is 4.79 Å². The van der Waals surface area contributed by atoms with Crippen molar-refractivity contribution in [2.75, 3.05) is 18.8 Å². The van der Waals surface area contributed by atoms with Crippen LogP contribution in [0.1, 0.15) is 61.1 Å². The zero-order valence-electron chi connectivity index (χ0n) is 23.6. The first-order chi connectivity index (χ1) is 20.0. The van der Waals surface area contributed by atoms with Crippen LogP contribution in [0.5, 0.6) is 0 Å². The van der Waals surface area contributed by atoms with Crippen LogP contribution >= 0.6 is 0 Å². The van der Waals surface area contributed by atoms with Crippen LogP contribution in [0.15, 0.2) is 48.8 Å². The number of nitrogens with two attached hydrogens (primary N) is 1. The van der Waals surface area contributed by atoms with Gasteiger partial charge in [0.05, 0.1) is 23.1 Å².